The minimum Gasteiger partial charge on any atom is -0.497 e. The Morgan fingerprint density at radius 2 is 1.78 bits per heavy atom. The molecule has 312 valence electrons. The number of aromatic nitrogens is 1. The van der Waals surface area contributed by atoms with Crippen molar-refractivity contribution in [3.63, 3.8) is 0 Å². The van der Waals surface area contributed by atoms with Crippen molar-refractivity contribution in [1.29, 1.82) is 0 Å². The Morgan fingerprint density at radius 3 is 2.52 bits per heavy atom. The first-order valence-electron chi connectivity index (χ1n) is 21.4. The van der Waals surface area contributed by atoms with E-state index in [9.17, 15) is 27.6 Å². The van der Waals surface area contributed by atoms with Gasteiger partial charge in [0, 0.05) is 35.3 Å². The Bertz CT molecular complexity index is 2160. The number of hydrogen-bond acceptors (Lipinski definition) is 10. The van der Waals surface area contributed by atoms with Gasteiger partial charge >= 0.3 is 6.09 Å². The van der Waals surface area contributed by atoms with E-state index in [-0.39, 0.29) is 31.4 Å². The Balaban J connectivity index is 1.05. The van der Waals surface area contributed by atoms with E-state index in [4.69, 9.17) is 19.2 Å². The second-order valence-electron chi connectivity index (χ2n) is 18.2. The van der Waals surface area contributed by atoms with Crippen LogP contribution < -0.4 is 24.8 Å². The van der Waals surface area contributed by atoms with Crippen LogP contribution in [0.25, 0.3) is 10.9 Å². The molecule has 14 nitrogen and oxygen atoms in total. The molecule has 0 bridgehead atoms. The first-order chi connectivity index (χ1) is 27.8. The first kappa shape index (κ1) is 39.1. The van der Waals surface area contributed by atoms with Gasteiger partial charge in [-0.15, -0.1) is 0 Å². The quantitative estimate of drug-likeness (QED) is 0.314. The number of alkyl carbamates (subject to hydrolysis) is 1. The lowest BCUT2D eigenvalue weighted by Crippen LogP contribution is -2.58. The van der Waals surface area contributed by atoms with Crippen LogP contribution in [0.15, 0.2) is 30.4 Å². The van der Waals surface area contributed by atoms with Gasteiger partial charge in [-0.3, -0.25) is 19.1 Å². The van der Waals surface area contributed by atoms with Crippen molar-refractivity contribution in [2.24, 2.45) is 5.92 Å². The van der Waals surface area contributed by atoms with Gasteiger partial charge in [-0.25, -0.2) is 18.2 Å². The normalized spacial score (nSPS) is 30.9. The summed E-state index contributed by atoms with van der Waals surface area (Å²) in [4.78, 5) is 63.7. The van der Waals surface area contributed by atoms with E-state index in [1.54, 1.807) is 14.0 Å². The molecule has 4 amide bonds. The minimum atomic E-state index is -3.98. The van der Waals surface area contributed by atoms with Crippen molar-refractivity contribution in [2.75, 3.05) is 13.7 Å². The third-order valence-electron chi connectivity index (χ3n) is 13.9. The van der Waals surface area contributed by atoms with Crippen LogP contribution in [0.5, 0.6) is 11.5 Å². The summed E-state index contributed by atoms with van der Waals surface area (Å²) in [6.07, 6.45) is 14.3. The van der Waals surface area contributed by atoms with E-state index in [0.29, 0.717) is 56.4 Å². The van der Waals surface area contributed by atoms with E-state index >= 15 is 0 Å². The second kappa shape index (κ2) is 14.7. The van der Waals surface area contributed by atoms with Crippen LogP contribution >= 0.6 is 0 Å². The van der Waals surface area contributed by atoms with Crippen LogP contribution in [-0.4, -0.2) is 89.8 Å². The van der Waals surface area contributed by atoms with Crippen LogP contribution in [0, 0.1) is 5.92 Å². The summed E-state index contributed by atoms with van der Waals surface area (Å²) in [6.45, 7) is 1.69. The number of pyridine rings is 1. The third kappa shape index (κ3) is 7.29. The van der Waals surface area contributed by atoms with E-state index in [0.717, 1.165) is 73.5 Å². The molecule has 4 heterocycles. The van der Waals surface area contributed by atoms with E-state index in [2.05, 4.69) is 15.4 Å². The Kier molecular flexibility index (Phi) is 9.91. The number of amides is 4. The number of nitrogens with one attached hydrogen (secondary N) is 3. The molecular formula is C43H55N5O9S. The lowest BCUT2D eigenvalue weighted by Gasteiger charge is -2.37. The fourth-order valence-electron chi connectivity index (χ4n) is 9.63. The van der Waals surface area contributed by atoms with E-state index in [1.165, 1.54) is 4.90 Å². The lowest BCUT2D eigenvalue weighted by atomic mass is 9.86. The summed E-state index contributed by atoms with van der Waals surface area (Å²) in [5.74, 6) is -0.492. The van der Waals surface area contributed by atoms with Crippen LogP contribution in [-0.2, 0) is 35.6 Å². The average molecular weight is 818 g/mol. The molecule has 15 heteroatoms. The predicted molar refractivity (Wildman–Crippen MR) is 214 cm³/mol. The molecular weight excluding hydrogens is 763 g/mol. The van der Waals surface area contributed by atoms with Gasteiger partial charge in [-0.2, -0.15) is 0 Å². The van der Waals surface area contributed by atoms with Crippen LogP contribution in [0.4, 0.5) is 4.79 Å². The van der Waals surface area contributed by atoms with Crippen molar-refractivity contribution >= 4 is 44.7 Å². The molecule has 5 atom stereocenters. The third-order valence-corrected chi connectivity index (χ3v) is 16.0. The Labute approximate surface area is 339 Å². The van der Waals surface area contributed by atoms with Gasteiger partial charge in [0.1, 0.15) is 40.8 Å². The van der Waals surface area contributed by atoms with Crippen LogP contribution in [0.3, 0.4) is 0 Å². The molecule has 1 saturated heterocycles. The zero-order chi connectivity index (χ0) is 40.5. The summed E-state index contributed by atoms with van der Waals surface area (Å²) >= 11 is 0. The summed E-state index contributed by atoms with van der Waals surface area (Å²) in [7, 11) is -2.35. The number of carbonyl (C=O) groups excluding carboxylic acids is 4. The maximum Gasteiger partial charge on any atom is 0.408 e. The zero-order valence-corrected chi connectivity index (χ0v) is 34.3. The molecule has 4 aliphatic carbocycles. The Morgan fingerprint density at radius 1 is 1.00 bits per heavy atom. The van der Waals surface area contributed by atoms with E-state index in [1.807, 2.05) is 30.4 Å². The molecule has 3 N–H and O–H groups in total. The van der Waals surface area contributed by atoms with Gasteiger partial charge in [0.2, 0.25) is 21.8 Å². The van der Waals surface area contributed by atoms with Crippen LogP contribution in [0.1, 0.15) is 127 Å². The van der Waals surface area contributed by atoms with Gasteiger partial charge in [-0.05, 0) is 109 Å². The number of methoxy groups -OCH3 is 1. The summed E-state index contributed by atoms with van der Waals surface area (Å²) in [5.41, 5.74) is 0.295. The maximum absolute atomic E-state index is 14.9. The molecule has 1 spiro atoms. The maximum atomic E-state index is 14.9. The van der Waals surface area contributed by atoms with Gasteiger partial charge < -0.3 is 29.7 Å². The molecule has 4 saturated carbocycles. The number of aryl methyl sites for hydroxylation is 1. The largest absolute Gasteiger partial charge is 0.497 e. The first-order valence-corrected chi connectivity index (χ1v) is 22.8. The number of ether oxygens (including phenoxy) is 3. The highest BCUT2D eigenvalue weighted by atomic mass is 32.2. The fraction of sp³-hybridized carbons (Fsp3) is 0.651. The molecule has 1 aromatic heterocycles. The number of fused-ring (bicyclic) bond motifs is 5. The SMILES string of the molecule is COc1ccc2c3c(c(C4CC4)nc2c1)OC1(CC3)CC2C(=O)NC3(C(=O)NS(=O)(=O)C4(C)CC4)CC3C=CCCCCCC(NC(=O)OC3CCCC3)C(=O)N2C1. The molecule has 0 radical (unpaired) electrons. The van der Waals surface area contributed by atoms with Crippen molar-refractivity contribution in [3.8, 4) is 11.5 Å². The topological polar surface area (TPSA) is 182 Å². The van der Waals surface area contributed by atoms with Gasteiger partial charge in [-0.1, -0.05) is 25.0 Å². The highest BCUT2D eigenvalue weighted by molar-refractivity contribution is 7.91. The molecule has 1 aromatic carbocycles. The predicted octanol–water partition coefficient (Wildman–Crippen LogP) is 5.22. The van der Waals surface area contributed by atoms with Gasteiger partial charge in [0.05, 0.1) is 29.6 Å². The molecule has 58 heavy (non-hydrogen) atoms. The van der Waals surface area contributed by atoms with Crippen LogP contribution in [0.2, 0.25) is 0 Å². The smallest absolute Gasteiger partial charge is 0.408 e. The summed E-state index contributed by atoms with van der Waals surface area (Å²) in [5, 5.41) is 6.84. The van der Waals surface area contributed by atoms with Crippen molar-refractivity contribution < 1.29 is 41.8 Å². The van der Waals surface area contributed by atoms with E-state index < -0.39 is 67.7 Å². The van der Waals surface area contributed by atoms with Crippen molar-refractivity contribution in [1.82, 2.24) is 25.2 Å². The molecule has 5 unspecified atom stereocenters. The fourth-order valence-corrected chi connectivity index (χ4v) is 10.9. The summed E-state index contributed by atoms with van der Waals surface area (Å²) in [6, 6.07) is 3.84. The van der Waals surface area contributed by atoms with Crippen molar-refractivity contribution in [3.05, 3.63) is 41.6 Å². The number of rotatable bonds is 7. The molecule has 2 aromatic rings. The molecule has 9 rings (SSSR count). The number of allylic oxidation sites excluding steroid dienone is 1. The molecule has 3 aliphatic heterocycles. The highest BCUT2D eigenvalue weighted by Gasteiger charge is 2.64. The minimum absolute atomic E-state index is 0.0826. The van der Waals surface area contributed by atoms with Crippen molar-refractivity contribution in [2.45, 2.75) is 156 Å². The number of benzene rings is 1. The molecule has 5 fully saturated rings. The second-order valence-corrected chi connectivity index (χ2v) is 20.4. The van der Waals surface area contributed by atoms with Gasteiger partial charge in [0.25, 0.3) is 5.91 Å². The number of carbonyl (C=O) groups is 4. The number of hydrogen-bond donors (Lipinski definition) is 3. The highest BCUT2D eigenvalue weighted by Crippen LogP contribution is 2.52. The standard InChI is InChI=1S/C43H55N5O9S/c1-41(20-21-41)58(53,54)47-39(51)43-23-27(43)10-6-4-3-5-7-13-32(45-40(52)56-28-11-8-9-12-28)38(50)48-25-42(24-34(48)37(49)46-43)19-18-31-30-17-16-29(55-2)22-33(30)44-35(26-14-15-26)36(31)57-42/h6,10,16-17,22,26-28,32,34H,3-5,7-9,11-15,18-21,23-25H2,1-2H3,(H,45,52)(H,46,49)(H,47,51). The zero-order valence-electron chi connectivity index (χ0n) is 33.5. The summed E-state index contributed by atoms with van der Waals surface area (Å²) < 4.78 is 46.2. The molecule has 7 aliphatic rings. The Hall–Kier alpha value is -4.40. The lowest BCUT2D eigenvalue weighted by molar-refractivity contribution is -0.141. The number of nitrogens with zero attached hydrogens (tertiary/aromatic N) is 2. The number of sulfonamides is 1. The monoisotopic (exact) mass is 817 g/mol. The average Bonchev–Trinajstić information content (AvgIpc) is 4.17. The van der Waals surface area contributed by atoms with Gasteiger partial charge in [0.15, 0.2) is 0 Å².